The highest BCUT2D eigenvalue weighted by Crippen LogP contribution is 2.16. The Bertz CT molecular complexity index is 877. The van der Waals surface area contributed by atoms with E-state index in [4.69, 9.17) is 4.74 Å². The van der Waals surface area contributed by atoms with Gasteiger partial charge in [0.1, 0.15) is 0 Å². The lowest BCUT2D eigenvalue weighted by atomic mass is 10.1. The zero-order valence-corrected chi connectivity index (χ0v) is 15.5. The number of amides is 2. The molecule has 0 spiro atoms. The first-order chi connectivity index (χ1) is 13.4. The van der Waals surface area contributed by atoms with E-state index in [2.05, 4.69) is 15.4 Å². The molecule has 2 aromatic carbocycles. The van der Waals surface area contributed by atoms with Crippen LogP contribution in [0, 0.1) is 0 Å². The third-order valence-electron chi connectivity index (χ3n) is 3.67. The summed E-state index contributed by atoms with van der Waals surface area (Å²) in [7, 11) is 1.24. The number of ether oxygens (including phenoxy) is 2. The first-order valence-corrected chi connectivity index (χ1v) is 8.38. The van der Waals surface area contributed by atoms with Gasteiger partial charge in [-0.25, -0.2) is 9.59 Å². The summed E-state index contributed by atoms with van der Waals surface area (Å²) in [5, 5.41) is 5.16. The first kappa shape index (κ1) is 20.6. The topological polar surface area (TPSA) is 111 Å². The number of rotatable bonds is 7. The van der Waals surface area contributed by atoms with Gasteiger partial charge in [0.2, 0.25) is 5.91 Å². The van der Waals surface area contributed by atoms with Crippen molar-refractivity contribution in [2.45, 2.75) is 13.5 Å². The monoisotopic (exact) mass is 384 g/mol. The van der Waals surface area contributed by atoms with E-state index in [9.17, 15) is 19.2 Å². The van der Waals surface area contributed by atoms with Crippen LogP contribution in [0.25, 0.3) is 0 Å². The fraction of sp³-hybridized carbons (Fsp3) is 0.200. The van der Waals surface area contributed by atoms with E-state index in [-0.39, 0.29) is 22.7 Å². The van der Waals surface area contributed by atoms with E-state index in [1.807, 2.05) is 0 Å². The van der Waals surface area contributed by atoms with Crippen LogP contribution in [-0.4, -0.2) is 37.5 Å². The molecule has 2 rings (SSSR count). The summed E-state index contributed by atoms with van der Waals surface area (Å²) < 4.78 is 9.65. The van der Waals surface area contributed by atoms with Gasteiger partial charge in [0, 0.05) is 13.5 Å². The normalized spacial score (nSPS) is 9.93. The molecule has 0 radical (unpaired) electrons. The largest absolute Gasteiger partial charge is 0.465 e. The number of benzene rings is 2. The number of para-hydroxylation sites is 1. The van der Waals surface area contributed by atoms with Gasteiger partial charge in [0.25, 0.3) is 5.91 Å². The molecule has 0 fully saturated rings. The maximum atomic E-state index is 12.1. The number of carbonyl (C=O) groups excluding carboxylic acids is 4. The number of hydrogen-bond donors (Lipinski definition) is 2. The highest BCUT2D eigenvalue weighted by Gasteiger charge is 2.15. The van der Waals surface area contributed by atoms with E-state index < -0.39 is 24.5 Å². The second-order valence-corrected chi connectivity index (χ2v) is 5.77. The van der Waals surface area contributed by atoms with Crippen LogP contribution in [0.15, 0.2) is 48.5 Å². The van der Waals surface area contributed by atoms with Crippen LogP contribution in [0.2, 0.25) is 0 Å². The highest BCUT2D eigenvalue weighted by atomic mass is 16.5. The Hall–Kier alpha value is -3.68. The lowest BCUT2D eigenvalue weighted by Gasteiger charge is -2.10. The van der Waals surface area contributed by atoms with Crippen LogP contribution >= 0.6 is 0 Å². The smallest absolute Gasteiger partial charge is 0.339 e. The molecule has 0 saturated heterocycles. The quantitative estimate of drug-likeness (QED) is 0.706. The molecule has 0 aliphatic heterocycles. The summed E-state index contributed by atoms with van der Waals surface area (Å²) >= 11 is 0. The molecule has 2 amide bonds. The molecule has 8 nitrogen and oxygen atoms in total. The average molecular weight is 384 g/mol. The predicted octanol–water partition coefficient (Wildman–Crippen LogP) is 1.90. The maximum absolute atomic E-state index is 12.1. The van der Waals surface area contributed by atoms with Crippen molar-refractivity contribution in [3.05, 3.63) is 65.2 Å². The third-order valence-corrected chi connectivity index (χ3v) is 3.67. The Morgan fingerprint density at radius 3 is 2.25 bits per heavy atom. The van der Waals surface area contributed by atoms with Crippen molar-refractivity contribution in [2.24, 2.45) is 0 Å². The number of esters is 2. The average Bonchev–Trinajstić information content (AvgIpc) is 2.70. The standard InChI is InChI=1S/C20H20N2O6/c1-13(23)21-11-14-7-9-15(10-8-14)19(25)28-12-18(24)22-17-6-4-3-5-16(17)20(26)27-2/h3-10H,11-12H2,1-2H3,(H,21,23)(H,22,24). The minimum absolute atomic E-state index is 0.150. The van der Waals surface area contributed by atoms with Crippen LogP contribution in [0.5, 0.6) is 0 Å². The second kappa shape index (κ2) is 9.86. The molecule has 0 heterocycles. The molecule has 0 aliphatic rings. The number of anilines is 1. The molecular formula is C20H20N2O6. The SMILES string of the molecule is COC(=O)c1ccccc1NC(=O)COC(=O)c1ccc(CNC(C)=O)cc1. The zero-order chi connectivity index (χ0) is 20.5. The summed E-state index contributed by atoms with van der Waals surface area (Å²) in [6, 6.07) is 12.8. The molecule has 8 heteroatoms. The van der Waals surface area contributed by atoms with E-state index in [1.165, 1.54) is 20.1 Å². The van der Waals surface area contributed by atoms with Crippen molar-refractivity contribution in [3.63, 3.8) is 0 Å². The number of hydrogen-bond acceptors (Lipinski definition) is 6. The Balaban J connectivity index is 1.90. The van der Waals surface area contributed by atoms with Crippen LogP contribution in [0.1, 0.15) is 33.2 Å². The summed E-state index contributed by atoms with van der Waals surface area (Å²) in [6.45, 7) is 1.26. The summed E-state index contributed by atoms with van der Waals surface area (Å²) in [4.78, 5) is 46.7. The van der Waals surface area contributed by atoms with Gasteiger partial charge in [-0.05, 0) is 29.8 Å². The molecule has 2 aromatic rings. The fourth-order valence-electron chi connectivity index (χ4n) is 2.27. The molecule has 0 aliphatic carbocycles. The number of carbonyl (C=O) groups is 4. The number of methoxy groups -OCH3 is 1. The minimum atomic E-state index is -0.664. The van der Waals surface area contributed by atoms with Crippen LogP contribution < -0.4 is 10.6 Å². The van der Waals surface area contributed by atoms with E-state index in [0.29, 0.717) is 6.54 Å². The lowest BCUT2D eigenvalue weighted by molar-refractivity contribution is -0.119. The predicted molar refractivity (Wildman–Crippen MR) is 101 cm³/mol. The van der Waals surface area contributed by atoms with Crippen molar-refractivity contribution in [1.82, 2.24) is 5.32 Å². The third kappa shape index (κ3) is 5.94. The Labute approximate surface area is 161 Å². The Kier molecular flexibility index (Phi) is 7.27. The second-order valence-electron chi connectivity index (χ2n) is 5.77. The minimum Gasteiger partial charge on any atom is -0.465 e. The maximum Gasteiger partial charge on any atom is 0.339 e. The Morgan fingerprint density at radius 1 is 0.929 bits per heavy atom. The van der Waals surface area contributed by atoms with E-state index >= 15 is 0 Å². The number of nitrogens with one attached hydrogen (secondary N) is 2. The first-order valence-electron chi connectivity index (χ1n) is 8.38. The fourth-order valence-corrected chi connectivity index (χ4v) is 2.27. The van der Waals surface area contributed by atoms with Gasteiger partial charge in [-0.1, -0.05) is 24.3 Å². The van der Waals surface area contributed by atoms with E-state index in [0.717, 1.165) is 5.56 Å². The molecule has 0 saturated carbocycles. The molecule has 28 heavy (non-hydrogen) atoms. The van der Waals surface area contributed by atoms with Crippen LogP contribution in [0.3, 0.4) is 0 Å². The summed E-state index contributed by atoms with van der Waals surface area (Å²) in [6.07, 6.45) is 0. The van der Waals surface area contributed by atoms with Crippen molar-refractivity contribution in [3.8, 4) is 0 Å². The molecule has 0 atom stereocenters. The molecule has 2 N–H and O–H groups in total. The highest BCUT2D eigenvalue weighted by molar-refractivity contribution is 6.02. The van der Waals surface area contributed by atoms with Gasteiger partial charge in [-0.3, -0.25) is 9.59 Å². The van der Waals surface area contributed by atoms with Gasteiger partial charge >= 0.3 is 11.9 Å². The molecule has 146 valence electrons. The van der Waals surface area contributed by atoms with Crippen LogP contribution in [0.4, 0.5) is 5.69 Å². The molecule has 0 bridgehead atoms. The molecular weight excluding hydrogens is 364 g/mol. The Morgan fingerprint density at radius 2 is 1.61 bits per heavy atom. The van der Waals surface area contributed by atoms with E-state index in [1.54, 1.807) is 42.5 Å². The summed E-state index contributed by atoms with van der Waals surface area (Å²) in [5.74, 6) is -2.00. The molecule has 0 unspecified atom stereocenters. The van der Waals surface area contributed by atoms with Gasteiger partial charge in [0.05, 0.1) is 23.9 Å². The van der Waals surface area contributed by atoms with Crippen molar-refractivity contribution >= 4 is 29.4 Å². The van der Waals surface area contributed by atoms with Gasteiger partial charge in [-0.15, -0.1) is 0 Å². The zero-order valence-electron chi connectivity index (χ0n) is 15.5. The summed E-state index contributed by atoms with van der Waals surface area (Å²) in [5.41, 5.74) is 1.55. The van der Waals surface area contributed by atoms with Gasteiger partial charge in [0.15, 0.2) is 6.61 Å². The van der Waals surface area contributed by atoms with Crippen molar-refractivity contribution < 1.29 is 28.7 Å². The van der Waals surface area contributed by atoms with Crippen molar-refractivity contribution in [1.29, 1.82) is 0 Å². The van der Waals surface area contributed by atoms with Gasteiger partial charge in [-0.2, -0.15) is 0 Å². The molecule has 0 aromatic heterocycles. The van der Waals surface area contributed by atoms with Crippen LogP contribution in [-0.2, 0) is 25.6 Å². The van der Waals surface area contributed by atoms with Crippen molar-refractivity contribution in [2.75, 3.05) is 19.0 Å². The van der Waals surface area contributed by atoms with Gasteiger partial charge < -0.3 is 20.1 Å². The lowest BCUT2D eigenvalue weighted by Crippen LogP contribution is -2.22.